The van der Waals surface area contributed by atoms with Crippen molar-refractivity contribution in [1.82, 2.24) is 9.78 Å². The topological polar surface area (TPSA) is 63.8 Å². The number of benzene rings is 1. The summed E-state index contributed by atoms with van der Waals surface area (Å²) in [5, 5.41) is 3.10. The van der Waals surface area contributed by atoms with Gasteiger partial charge in [0.05, 0.1) is 11.4 Å². The number of aryl methyl sites for hydroxylation is 2. The Labute approximate surface area is 106 Å². The molecule has 0 atom stereocenters. The largest absolute Gasteiger partial charge is 0.393 e. The molecule has 4 heteroatoms. The second-order valence-corrected chi connectivity index (χ2v) is 5.08. The number of anilines is 1. The summed E-state index contributed by atoms with van der Waals surface area (Å²) in [7, 11) is 0. The Kier molecular flexibility index (Phi) is 3.03. The lowest BCUT2D eigenvalue weighted by Gasteiger charge is -2.06. The molecule has 1 aromatic heterocycles. The van der Waals surface area contributed by atoms with Gasteiger partial charge in [-0.3, -0.25) is 9.89 Å². The minimum atomic E-state index is -0.177. The number of hydrogen-bond acceptors (Lipinski definition) is 2. The highest BCUT2D eigenvalue weighted by Crippen LogP contribution is 2.18. The monoisotopic (exact) mass is 245 g/mol. The molecule has 0 spiro atoms. The second kappa shape index (κ2) is 4.37. The summed E-state index contributed by atoms with van der Waals surface area (Å²) < 4.78 is 1.52. The van der Waals surface area contributed by atoms with E-state index in [0.717, 1.165) is 22.5 Å². The molecule has 96 valence electrons. The molecule has 0 saturated heterocycles. The van der Waals surface area contributed by atoms with E-state index in [1.165, 1.54) is 4.68 Å². The van der Waals surface area contributed by atoms with Gasteiger partial charge in [-0.1, -0.05) is 19.9 Å². The van der Waals surface area contributed by atoms with Gasteiger partial charge < -0.3 is 5.73 Å². The zero-order valence-corrected chi connectivity index (χ0v) is 11.2. The van der Waals surface area contributed by atoms with Gasteiger partial charge in [-0.25, -0.2) is 4.68 Å². The van der Waals surface area contributed by atoms with E-state index in [9.17, 15) is 4.79 Å². The predicted molar refractivity (Wildman–Crippen MR) is 74.4 cm³/mol. The van der Waals surface area contributed by atoms with Gasteiger partial charge >= 0.3 is 0 Å². The fourth-order valence-corrected chi connectivity index (χ4v) is 2.17. The molecule has 18 heavy (non-hydrogen) atoms. The first-order valence-electron chi connectivity index (χ1n) is 6.09. The van der Waals surface area contributed by atoms with Crippen LogP contribution in [0.25, 0.3) is 5.69 Å². The van der Waals surface area contributed by atoms with E-state index >= 15 is 0 Å². The first-order chi connectivity index (χ1) is 8.40. The summed E-state index contributed by atoms with van der Waals surface area (Å²) in [6.07, 6.45) is 0. The van der Waals surface area contributed by atoms with Gasteiger partial charge in [-0.2, -0.15) is 0 Å². The molecule has 0 radical (unpaired) electrons. The summed E-state index contributed by atoms with van der Waals surface area (Å²) in [4.78, 5) is 12.1. The minimum Gasteiger partial charge on any atom is -0.393 e. The van der Waals surface area contributed by atoms with Crippen LogP contribution in [0.1, 0.15) is 36.6 Å². The van der Waals surface area contributed by atoms with Crippen molar-refractivity contribution in [2.75, 3.05) is 5.73 Å². The number of nitrogens with two attached hydrogens (primary N) is 1. The quantitative estimate of drug-likeness (QED) is 0.853. The average Bonchev–Trinajstić information content (AvgIpc) is 2.55. The molecule has 0 aliphatic heterocycles. The average molecular weight is 245 g/mol. The normalized spacial score (nSPS) is 11.2. The van der Waals surface area contributed by atoms with Gasteiger partial charge in [0.2, 0.25) is 0 Å². The highest BCUT2D eigenvalue weighted by atomic mass is 16.1. The lowest BCUT2D eigenvalue weighted by molar-refractivity contribution is 0.760. The third-order valence-corrected chi connectivity index (χ3v) is 3.00. The van der Waals surface area contributed by atoms with Gasteiger partial charge in [-0.05, 0) is 43.0 Å². The van der Waals surface area contributed by atoms with Crippen LogP contribution >= 0.6 is 0 Å². The Bertz CT molecular complexity index is 615. The number of H-pyrrole nitrogens is 1. The molecule has 0 saturated carbocycles. The maximum absolute atomic E-state index is 12.1. The molecule has 3 N–H and O–H groups in total. The number of nitrogen functional groups attached to an aromatic ring is 1. The van der Waals surface area contributed by atoms with Crippen molar-refractivity contribution >= 4 is 5.69 Å². The highest BCUT2D eigenvalue weighted by molar-refractivity contribution is 5.47. The smallest absolute Gasteiger partial charge is 0.294 e. The summed E-state index contributed by atoms with van der Waals surface area (Å²) in [5.41, 5.74) is 9.85. The summed E-state index contributed by atoms with van der Waals surface area (Å²) in [6.45, 7) is 8.04. The Morgan fingerprint density at radius 1 is 1.17 bits per heavy atom. The number of rotatable bonds is 2. The van der Waals surface area contributed by atoms with Crippen LogP contribution in [0.2, 0.25) is 0 Å². The summed E-state index contributed by atoms with van der Waals surface area (Å²) >= 11 is 0. The lowest BCUT2D eigenvalue weighted by atomic mass is 10.1. The molecular formula is C14H19N3O. The van der Waals surface area contributed by atoms with Crippen molar-refractivity contribution in [3.63, 3.8) is 0 Å². The van der Waals surface area contributed by atoms with E-state index in [2.05, 4.69) is 11.2 Å². The van der Waals surface area contributed by atoms with E-state index in [-0.39, 0.29) is 11.5 Å². The molecule has 4 nitrogen and oxygen atoms in total. The van der Waals surface area contributed by atoms with Crippen LogP contribution in [0, 0.1) is 13.8 Å². The second-order valence-electron chi connectivity index (χ2n) is 5.08. The van der Waals surface area contributed by atoms with Crippen LogP contribution in [0.4, 0.5) is 5.69 Å². The molecule has 0 fully saturated rings. The van der Waals surface area contributed by atoms with Gasteiger partial charge in [0, 0.05) is 0 Å². The number of aromatic nitrogens is 2. The molecule has 0 aliphatic rings. The van der Waals surface area contributed by atoms with Gasteiger partial charge in [0.15, 0.2) is 0 Å². The molecule has 0 aliphatic carbocycles. The first kappa shape index (κ1) is 12.5. The molecule has 2 aromatic rings. The Balaban J connectivity index is 2.65. The molecule has 0 amide bonds. The van der Waals surface area contributed by atoms with Crippen molar-refractivity contribution in [2.24, 2.45) is 0 Å². The standard InChI is InChI=1S/C14H19N3O/c1-8(2)13-12(15)14(18)17(16-13)11-6-9(3)5-10(4)7-11/h5-8,16H,15H2,1-4H3. The summed E-state index contributed by atoms with van der Waals surface area (Å²) in [5.74, 6) is 0.199. The minimum absolute atomic E-state index is 0.177. The number of hydrogen-bond donors (Lipinski definition) is 2. The van der Waals surface area contributed by atoms with Gasteiger partial charge in [-0.15, -0.1) is 0 Å². The van der Waals surface area contributed by atoms with Crippen LogP contribution in [-0.2, 0) is 0 Å². The maximum Gasteiger partial charge on any atom is 0.294 e. The Hall–Kier alpha value is -1.97. The van der Waals surface area contributed by atoms with Crippen LogP contribution in [0.15, 0.2) is 23.0 Å². The SMILES string of the molecule is Cc1cc(C)cc(-n2[nH]c(C(C)C)c(N)c2=O)c1. The van der Waals surface area contributed by atoms with E-state index in [1.54, 1.807) is 0 Å². The highest BCUT2D eigenvalue weighted by Gasteiger charge is 2.14. The fraction of sp³-hybridized carbons (Fsp3) is 0.357. The third-order valence-electron chi connectivity index (χ3n) is 3.00. The fourth-order valence-electron chi connectivity index (χ4n) is 2.17. The van der Waals surface area contributed by atoms with Crippen LogP contribution in [-0.4, -0.2) is 9.78 Å². The third kappa shape index (κ3) is 2.06. The molecule has 1 aromatic carbocycles. The number of nitrogens with zero attached hydrogens (tertiary/aromatic N) is 1. The van der Waals surface area contributed by atoms with Crippen molar-refractivity contribution in [3.05, 3.63) is 45.4 Å². The zero-order chi connectivity index (χ0) is 13.4. The van der Waals surface area contributed by atoms with Crippen molar-refractivity contribution in [3.8, 4) is 5.69 Å². The van der Waals surface area contributed by atoms with E-state index in [4.69, 9.17) is 5.73 Å². The molecular weight excluding hydrogens is 226 g/mol. The van der Waals surface area contributed by atoms with Crippen molar-refractivity contribution in [2.45, 2.75) is 33.6 Å². The number of aromatic amines is 1. The zero-order valence-electron chi connectivity index (χ0n) is 11.2. The van der Waals surface area contributed by atoms with Gasteiger partial charge in [0.1, 0.15) is 5.69 Å². The van der Waals surface area contributed by atoms with Crippen molar-refractivity contribution in [1.29, 1.82) is 0 Å². The van der Waals surface area contributed by atoms with Crippen molar-refractivity contribution < 1.29 is 0 Å². The predicted octanol–water partition coefficient (Wildman–Crippen LogP) is 2.49. The van der Waals surface area contributed by atoms with E-state index in [1.807, 2.05) is 39.8 Å². The lowest BCUT2D eigenvalue weighted by Crippen LogP contribution is -2.16. The molecule has 0 unspecified atom stereocenters. The van der Waals surface area contributed by atoms with Crippen LogP contribution < -0.4 is 11.3 Å². The van der Waals surface area contributed by atoms with Gasteiger partial charge in [0.25, 0.3) is 5.56 Å². The molecule has 2 rings (SSSR count). The Morgan fingerprint density at radius 2 is 1.72 bits per heavy atom. The van der Waals surface area contributed by atoms with Crippen LogP contribution in [0.3, 0.4) is 0 Å². The summed E-state index contributed by atoms with van der Waals surface area (Å²) in [6, 6.07) is 6.01. The van der Waals surface area contributed by atoms with Crippen LogP contribution in [0.5, 0.6) is 0 Å². The van der Waals surface area contributed by atoms with E-state index < -0.39 is 0 Å². The number of nitrogens with one attached hydrogen (secondary N) is 1. The molecule has 0 bridgehead atoms. The van der Waals surface area contributed by atoms with E-state index in [0.29, 0.717) is 5.69 Å². The Morgan fingerprint density at radius 3 is 2.17 bits per heavy atom. The maximum atomic E-state index is 12.1. The molecule has 1 heterocycles. The first-order valence-corrected chi connectivity index (χ1v) is 6.09.